The molecular weight excluding hydrogens is 540 g/mol. The maximum absolute atomic E-state index is 13.7. The van der Waals surface area contributed by atoms with E-state index in [1.807, 2.05) is 30.1 Å². The lowest BCUT2D eigenvalue weighted by molar-refractivity contribution is -0.142. The van der Waals surface area contributed by atoms with Gasteiger partial charge in [-0.05, 0) is 100 Å². The van der Waals surface area contributed by atoms with Gasteiger partial charge in [0, 0.05) is 43.2 Å². The Bertz CT molecular complexity index is 1190. The van der Waals surface area contributed by atoms with Crippen molar-refractivity contribution < 1.29 is 19.8 Å². The highest BCUT2D eigenvalue weighted by molar-refractivity contribution is 6.32. The number of carboxylic acid groups (broad SMARTS) is 1. The molecule has 9 heteroatoms. The van der Waals surface area contributed by atoms with Crippen LogP contribution in [0.2, 0.25) is 5.15 Å². The molecule has 1 aromatic carbocycles. The minimum atomic E-state index is -1.33. The van der Waals surface area contributed by atoms with Crippen LogP contribution in [0.25, 0.3) is 11.1 Å². The molecule has 2 aromatic rings. The van der Waals surface area contributed by atoms with Gasteiger partial charge in [-0.1, -0.05) is 42.8 Å². The fourth-order valence-electron chi connectivity index (χ4n) is 6.86. The predicted molar refractivity (Wildman–Crippen MR) is 162 cm³/mol. The number of aryl methyl sites for hydroxylation is 1. The smallest absolute Gasteiger partial charge is 0.404 e. The first-order chi connectivity index (χ1) is 19.8. The van der Waals surface area contributed by atoms with Gasteiger partial charge in [-0.2, -0.15) is 0 Å². The third kappa shape index (κ3) is 7.59. The largest absolute Gasteiger partial charge is 0.465 e. The molecule has 1 aromatic heterocycles. The number of carbonyl (C=O) groups excluding carboxylic acids is 1. The molecule has 0 unspecified atom stereocenters. The van der Waals surface area contributed by atoms with Crippen molar-refractivity contribution in [2.45, 2.75) is 70.3 Å². The standard InChI is InChI=1S/C32H45ClN4O4/c1-3-22-7-4-8-25(19-22)28-27(14-17-35-29(28)33)32(41,15-6-16-36-31(39)40)26-9-5-18-37(21-26)30(38)24-12-10-23(11-13-24)20-34-2/h4,7-8,14,17,19,23-24,26,34,36,41H,3,5-6,9-13,15-16,18,20-21H2,1-2H3,(H,39,40)/t23-,24-,26-,32+/m1/s1. The first-order valence-electron chi connectivity index (χ1n) is 15.1. The number of nitrogens with zero attached hydrogens (tertiary/aromatic N) is 2. The number of benzene rings is 1. The summed E-state index contributed by atoms with van der Waals surface area (Å²) in [6, 6.07) is 9.96. The average Bonchev–Trinajstić information content (AvgIpc) is 2.99. The molecule has 1 saturated carbocycles. The fourth-order valence-corrected chi connectivity index (χ4v) is 7.13. The van der Waals surface area contributed by atoms with Crippen LogP contribution >= 0.6 is 11.6 Å². The highest BCUT2D eigenvalue weighted by Gasteiger charge is 2.44. The van der Waals surface area contributed by atoms with Gasteiger partial charge >= 0.3 is 6.09 Å². The number of pyridine rings is 1. The van der Waals surface area contributed by atoms with E-state index in [0.717, 1.165) is 62.6 Å². The minimum absolute atomic E-state index is 0.0393. The molecule has 4 rings (SSSR count). The van der Waals surface area contributed by atoms with E-state index in [1.165, 1.54) is 0 Å². The van der Waals surface area contributed by atoms with Crippen LogP contribution in [-0.2, 0) is 16.8 Å². The zero-order valence-electron chi connectivity index (χ0n) is 24.4. The molecule has 0 spiro atoms. The van der Waals surface area contributed by atoms with Gasteiger partial charge in [0.05, 0.1) is 5.60 Å². The number of hydrogen-bond donors (Lipinski definition) is 4. The van der Waals surface area contributed by atoms with Crippen molar-refractivity contribution in [2.75, 3.05) is 33.2 Å². The lowest BCUT2D eigenvalue weighted by Gasteiger charge is -2.44. The zero-order chi connectivity index (χ0) is 29.4. The van der Waals surface area contributed by atoms with Gasteiger partial charge < -0.3 is 25.7 Å². The molecule has 1 aliphatic heterocycles. The van der Waals surface area contributed by atoms with Gasteiger partial charge in [-0.25, -0.2) is 9.78 Å². The number of carbonyl (C=O) groups is 2. The number of halogens is 1. The SMILES string of the molecule is CCc1cccc(-c2c([C@](O)(CCCNC(=O)O)[C@@H]3CCCN(C(=O)[C@H]4CC[C@H](CNC)CC4)C3)ccnc2Cl)c1. The maximum Gasteiger partial charge on any atom is 0.404 e. The normalized spacial score (nSPS) is 22.6. The monoisotopic (exact) mass is 584 g/mol. The predicted octanol–water partition coefficient (Wildman–Crippen LogP) is 5.46. The number of nitrogens with one attached hydrogen (secondary N) is 2. The Morgan fingerprint density at radius 2 is 1.95 bits per heavy atom. The summed E-state index contributed by atoms with van der Waals surface area (Å²) < 4.78 is 0. The van der Waals surface area contributed by atoms with Crippen LogP contribution in [0, 0.1) is 17.8 Å². The lowest BCUT2D eigenvalue weighted by Crippen LogP contribution is -2.50. The van der Waals surface area contributed by atoms with Crippen molar-refractivity contribution in [3.05, 3.63) is 52.8 Å². The van der Waals surface area contributed by atoms with Crippen molar-refractivity contribution in [1.82, 2.24) is 20.5 Å². The van der Waals surface area contributed by atoms with Gasteiger partial charge in [0.1, 0.15) is 5.15 Å². The van der Waals surface area contributed by atoms with Crippen LogP contribution in [0.3, 0.4) is 0 Å². The first-order valence-corrected chi connectivity index (χ1v) is 15.5. The summed E-state index contributed by atoms with van der Waals surface area (Å²) in [5.74, 6) is 0.648. The van der Waals surface area contributed by atoms with Crippen LogP contribution in [0.15, 0.2) is 36.5 Å². The molecule has 4 N–H and O–H groups in total. The second-order valence-electron chi connectivity index (χ2n) is 11.7. The van der Waals surface area contributed by atoms with Crippen LogP contribution in [0.5, 0.6) is 0 Å². The summed E-state index contributed by atoms with van der Waals surface area (Å²) in [6.45, 7) is 4.48. The molecule has 1 aliphatic carbocycles. The van der Waals surface area contributed by atoms with Crippen LogP contribution < -0.4 is 10.6 Å². The van der Waals surface area contributed by atoms with Crippen molar-refractivity contribution >= 4 is 23.6 Å². The Morgan fingerprint density at radius 3 is 2.66 bits per heavy atom. The fraction of sp³-hybridized carbons (Fsp3) is 0.594. The minimum Gasteiger partial charge on any atom is -0.465 e. The van der Waals surface area contributed by atoms with E-state index < -0.39 is 11.7 Å². The van der Waals surface area contributed by atoms with E-state index >= 15 is 0 Å². The Morgan fingerprint density at radius 1 is 1.17 bits per heavy atom. The van der Waals surface area contributed by atoms with Crippen molar-refractivity contribution in [1.29, 1.82) is 0 Å². The molecule has 2 atom stereocenters. The number of amides is 2. The van der Waals surface area contributed by atoms with Crippen molar-refractivity contribution in [3.8, 4) is 11.1 Å². The number of piperidine rings is 1. The number of likely N-dealkylation sites (tertiary alicyclic amines) is 1. The van der Waals surface area contributed by atoms with Gasteiger partial charge in [0.25, 0.3) is 0 Å². The number of hydrogen-bond acceptors (Lipinski definition) is 5. The molecule has 2 fully saturated rings. The molecule has 0 radical (unpaired) electrons. The summed E-state index contributed by atoms with van der Waals surface area (Å²) >= 11 is 6.74. The van der Waals surface area contributed by atoms with E-state index in [9.17, 15) is 14.7 Å². The molecule has 224 valence electrons. The number of rotatable bonds is 11. The van der Waals surface area contributed by atoms with E-state index in [0.29, 0.717) is 48.1 Å². The van der Waals surface area contributed by atoms with Crippen LogP contribution in [0.1, 0.15) is 69.4 Å². The van der Waals surface area contributed by atoms with Crippen molar-refractivity contribution in [2.24, 2.45) is 17.8 Å². The second kappa shape index (κ2) is 14.5. The first kappa shape index (κ1) is 31.3. The summed E-state index contributed by atoms with van der Waals surface area (Å²) in [5.41, 5.74) is 2.11. The van der Waals surface area contributed by atoms with E-state index in [-0.39, 0.29) is 24.3 Å². The molecule has 2 amide bonds. The highest BCUT2D eigenvalue weighted by Crippen LogP contribution is 2.45. The van der Waals surface area contributed by atoms with E-state index in [4.69, 9.17) is 16.7 Å². The molecule has 2 heterocycles. The molecule has 8 nitrogen and oxygen atoms in total. The molecule has 41 heavy (non-hydrogen) atoms. The molecular formula is C32H45ClN4O4. The average molecular weight is 585 g/mol. The molecule has 0 bridgehead atoms. The topological polar surface area (TPSA) is 115 Å². The quantitative estimate of drug-likeness (QED) is 0.206. The zero-order valence-corrected chi connectivity index (χ0v) is 25.1. The van der Waals surface area contributed by atoms with Gasteiger partial charge in [-0.15, -0.1) is 0 Å². The van der Waals surface area contributed by atoms with Gasteiger partial charge in [0.15, 0.2) is 0 Å². The van der Waals surface area contributed by atoms with Crippen LogP contribution in [0.4, 0.5) is 4.79 Å². The Labute approximate surface area is 248 Å². The van der Waals surface area contributed by atoms with Crippen molar-refractivity contribution in [3.63, 3.8) is 0 Å². The number of aromatic nitrogens is 1. The maximum atomic E-state index is 13.7. The van der Waals surface area contributed by atoms with E-state index in [2.05, 4.69) is 34.7 Å². The third-order valence-corrected chi connectivity index (χ3v) is 9.39. The van der Waals surface area contributed by atoms with E-state index in [1.54, 1.807) is 6.20 Å². The Balaban J connectivity index is 1.63. The number of aliphatic hydroxyl groups is 1. The summed E-state index contributed by atoms with van der Waals surface area (Å²) in [5, 5.41) is 27.8. The lowest BCUT2D eigenvalue weighted by atomic mass is 9.72. The van der Waals surface area contributed by atoms with Crippen LogP contribution in [-0.4, -0.2) is 65.3 Å². The summed E-state index contributed by atoms with van der Waals surface area (Å²) in [6.07, 6.45) is 7.68. The summed E-state index contributed by atoms with van der Waals surface area (Å²) in [4.78, 5) is 31.2. The Hall–Kier alpha value is -2.68. The molecule has 1 saturated heterocycles. The third-order valence-electron chi connectivity index (χ3n) is 9.10. The van der Waals surface area contributed by atoms with Gasteiger partial charge in [0.2, 0.25) is 5.91 Å². The Kier molecular flexibility index (Phi) is 11.0. The van der Waals surface area contributed by atoms with Gasteiger partial charge in [-0.3, -0.25) is 4.79 Å². The molecule has 2 aliphatic rings. The highest BCUT2D eigenvalue weighted by atomic mass is 35.5. The summed E-state index contributed by atoms with van der Waals surface area (Å²) in [7, 11) is 1.98. The second-order valence-corrected chi connectivity index (χ2v) is 12.1.